The number of nitrogens with zero attached hydrogens (tertiary/aromatic N) is 3. The summed E-state index contributed by atoms with van der Waals surface area (Å²) in [6.07, 6.45) is 4.84. The number of nitrogen functional groups attached to an aromatic ring is 1. The Morgan fingerprint density at radius 1 is 1.55 bits per heavy atom. The highest BCUT2D eigenvalue weighted by Gasteiger charge is 2.12. The van der Waals surface area contributed by atoms with Gasteiger partial charge in [0.1, 0.15) is 0 Å². The van der Waals surface area contributed by atoms with Crippen LogP contribution in [0.15, 0.2) is 30.7 Å². The van der Waals surface area contributed by atoms with E-state index in [-0.39, 0.29) is 5.91 Å². The van der Waals surface area contributed by atoms with Crippen LogP contribution in [0.3, 0.4) is 0 Å². The van der Waals surface area contributed by atoms with Crippen LogP contribution in [0.2, 0.25) is 0 Å². The summed E-state index contributed by atoms with van der Waals surface area (Å²) < 4.78 is 6.64. The van der Waals surface area contributed by atoms with E-state index in [0.717, 1.165) is 0 Å². The zero-order valence-electron chi connectivity index (χ0n) is 11.0. The molecule has 20 heavy (non-hydrogen) atoms. The van der Waals surface area contributed by atoms with E-state index in [1.165, 1.54) is 0 Å². The molecule has 2 aromatic rings. The van der Waals surface area contributed by atoms with Crippen LogP contribution in [0.25, 0.3) is 0 Å². The van der Waals surface area contributed by atoms with Crippen molar-refractivity contribution in [3.8, 4) is 0 Å². The number of carbonyl (C=O) groups excluding carboxylic acids is 1. The van der Waals surface area contributed by atoms with E-state index in [4.69, 9.17) is 10.6 Å². The van der Waals surface area contributed by atoms with Crippen LogP contribution in [0.5, 0.6) is 0 Å². The van der Waals surface area contributed by atoms with Gasteiger partial charge in [0.15, 0.2) is 5.82 Å². The van der Waals surface area contributed by atoms with Gasteiger partial charge in [0.25, 0.3) is 5.91 Å². The summed E-state index contributed by atoms with van der Waals surface area (Å²) in [7, 11) is 1.62. The van der Waals surface area contributed by atoms with Crippen molar-refractivity contribution in [3.63, 3.8) is 0 Å². The van der Waals surface area contributed by atoms with Crippen LogP contribution in [-0.4, -0.2) is 34.4 Å². The number of ether oxygens (including phenoxy) is 1. The van der Waals surface area contributed by atoms with E-state index >= 15 is 0 Å². The second-order valence-electron chi connectivity index (χ2n) is 3.98. The van der Waals surface area contributed by atoms with Crippen LogP contribution < -0.4 is 16.6 Å². The molecular weight excluding hydrogens is 260 g/mol. The van der Waals surface area contributed by atoms with Gasteiger partial charge < -0.3 is 15.5 Å². The lowest BCUT2D eigenvalue weighted by molar-refractivity contribution is 0.102. The number of nitrogens with two attached hydrogens (primary N) is 1. The van der Waals surface area contributed by atoms with Gasteiger partial charge in [-0.25, -0.2) is 10.8 Å². The fraction of sp³-hybridized carbons (Fsp3) is 0.250. The van der Waals surface area contributed by atoms with E-state index in [1.54, 1.807) is 42.5 Å². The zero-order valence-corrected chi connectivity index (χ0v) is 11.0. The van der Waals surface area contributed by atoms with Crippen LogP contribution in [-0.2, 0) is 11.3 Å². The van der Waals surface area contributed by atoms with Gasteiger partial charge in [0.2, 0.25) is 0 Å². The number of hydrogen-bond donors (Lipinski definition) is 3. The molecule has 2 rings (SSSR count). The molecule has 2 heterocycles. The first-order valence-electron chi connectivity index (χ1n) is 5.99. The number of hydrogen-bond acceptors (Lipinski definition) is 6. The molecule has 8 nitrogen and oxygen atoms in total. The van der Waals surface area contributed by atoms with Gasteiger partial charge in [-0.05, 0) is 12.1 Å². The molecule has 0 fully saturated rings. The second kappa shape index (κ2) is 6.64. The van der Waals surface area contributed by atoms with E-state index in [9.17, 15) is 4.79 Å². The van der Waals surface area contributed by atoms with Gasteiger partial charge in [0.05, 0.1) is 30.6 Å². The summed E-state index contributed by atoms with van der Waals surface area (Å²) in [6, 6.07) is 3.30. The maximum atomic E-state index is 12.1. The van der Waals surface area contributed by atoms with Gasteiger partial charge in [-0.3, -0.25) is 9.48 Å². The van der Waals surface area contributed by atoms with Gasteiger partial charge >= 0.3 is 0 Å². The van der Waals surface area contributed by atoms with Crippen LogP contribution >= 0.6 is 0 Å². The van der Waals surface area contributed by atoms with Crippen molar-refractivity contribution in [3.05, 3.63) is 36.3 Å². The van der Waals surface area contributed by atoms with Crippen molar-refractivity contribution in [1.82, 2.24) is 14.8 Å². The number of hydrazine groups is 1. The summed E-state index contributed by atoms with van der Waals surface area (Å²) >= 11 is 0. The third kappa shape index (κ3) is 3.31. The average Bonchev–Trinajstić information content (AvgIpc) is 2.92. The number of nitrogens with one attached hydrogen (secondary N) is 2. The summed E-state index contributed by atoms with van der Waals surface area (Å²) in [5.41, 5.74) is 3.34. The van der Waals surface area contributed by atoms with Crippen molar-refractivity contribution in [2.45, 2.75) is 6.54 Å². The fourth-order valence-electron chi connectivity index (χ4n) is 1.64. The Balaban J connectivity index is 2.05. The molecular formula is C12H16N6O2. The molecule has 0 aliphatic carbocycles. The molecule has 0 spiro atoms. The molecule has 0 aromatic carbocycles. The van der Waals surface area contributed by atoms with E-state index in [1.807, 2.05) is 0 Å². The molecule has 0 aliphatic heterocycles. The van der Waals surface area contributed by atoms with Gasteiger partial charge in [-0.1, -0.05) is 0 Å². The Morgan fingerprint density at radius 3 is 3.15 bits per heavy atom. The highest BCUT2D eigenvalue weighted by atomic mass is 16.5. The summed E-state index contributed by atoms with van der Waals surface area (Å²) in [5, 5.41) is 6.84. The fourth-order valence-corrected chi connectivity index (χ4v) is 1.64. The molecule has 106 valence electrons. The Kier molecular flexibility index (Phi) is 4.64. The summed E-state index contributed by atoms with van der Waals surface area (Å²) in [6.45, 7) is 1.17. The van der Waals surface area contributed by atoms with Gasteiger partial charge in [-0.15, -0.1) is 0 Å². The predicted molar refractivity (Wildman–Crippen MR) is 74.1 cm³/mol. The average molecular weight is 276 g/mol. The Bertz CT molecular complexity index is 583. The largest absolute Gasteiger partial charge is 0.383 e. The first kappa shape index (κ1) is 14.0. The molecule has 0 saturated heterocycles. The lowest BCUT2D eigenvalue weighted by Crippen LogP contribution is -2.18. The lowest BCUT2D eigenvalue weighted by atomic mass is 10.2. The molecule has 0 unspecified atom stereocenters. The molecule has 2 aromatic heterocycles. The number of anilines is 2. The molecule has 0 saturated carbocycles. The quantitative estimate of drug-likeness (QED) is 0.522. The number of amides is 1. The van der Waals surface area contributed by atoms with E-state index in [0.29, 0.717) is 30.2 Å². The van der Waals surface area contributed by atoms with Crippen LogP contribution in [0, 0.1) is 0 Å². The minimum atomic E-state index is -0.308. The van der Waals surface area contributed by atoms with Crippen molar-refractivity contribution >= 4 is 17.4 Å². The normalized spacial score (nSPS) is 10.3. The molecule has 1 amide bonds. The minimum Gasteiger partial charge on any atom is -0.383 e. The maximum Gasteiger partial charge on any atom is 0.259 e. The van der Waals surface area contributed by atoms with Crippen molar-refractivity contribution < 1.29 is 9.53 Å². The predicted octanol–water partition coefficient (Wildman–Crippen LogP) is 0.462. The maximum absolute atomic E-state index is 12.1. The third-order valence-electron chi connectivity index (χ3n) is 2.60. The van der Waals surface area contributed by atoms with Crippen molar-refractivity contribution in [1.29, 1.82) is 0 Å². The van der Waals surface area contributed by atoms with E-state index in [2.05, 4.69) is 20.8 Å². The molecule has 0 atom stereocenters. The van der Waals surface area contributed by atoms with Gasteiger partial charge in [-0.2, -0.15) is 5.10 Å². The van der Waals surface area contributed by atoms with Crippen molar-refractivity contribution in [2.24, 2.45) is 5.84 Å². The topological polar surface area (TPSA) is 107 Å². The van der Waals surface area contributed by atoms with Crippen molar-refractivity contribution in [2.75, 3.05) is 24.5 Å². The summed E-state index contributed by atoms with van der Waals surface area (Å²) in [4.78, 5) is 16.1. The smallest absolute Gasteiger partial charge is 0.259 e. The molecule has 0 bridgehead atoms. The lowest BCUT2D eigenvalue weighted by Gasteiger charge is -2.06. The highest BCUT2D eigenvalue weighted by molar-refractivity contribution is 6.07. The zero-order chi connectivity index (χ0) is 14.4. The van der Waals surface area contributed by atoms with Crippen LogP contribution in [0.1, 0.15) is 10.4 Å². The first-order chi connectivity index (χ1) is 9.74. The first-order valence-corrected chi connectivity index (χ1v) is 5.99. The monoisotopic (exact) mass is 276 g/mol. The SMILES string of the molecule is COCCn1cc(NC(=O)c2cccnc2NN)cn1. The number of aromatic nitrogens is 3. The minimum absolute atomic E-state index is 0.308. The number of methoxy groups -OCH3 is 1. The van der Waals surface area contributed by atoms with Crippen LogP contribution in [0.4, 0.5) is 11.5 Å². The number of carbonyl (C=O) groups is 1. The number of rotatable bonds is 6. The van der Waals surface area contributed by atoms with E-state index < -0.39 is 0 Å². The summed E-state index contributed by atoms with van der Waals surface area (Å²) in [5.74, 6) is 5.33. The van der Waals surface area contributed by atoms with Gasteiger partial charge in [0, 0.05) is 19.5 Å². The Morgan fingerprint density at radius 2 is 2.40 bits per heavy atom. The third-order valence-corrected chi connectivity index (χ3v) is 2.60. The highest BCUT2D eigenvalue weighted by Crippen LogP contribution is 2.13. The molecule has 0 radical (unpaired) electrons. The second-order valence-corrected chi connectivity index (χ2v) is 3.98. The molecule has 0 aliphatic rings. The molecule has 4 N–H and O–H groups in total. The Hall–Kier alpha value is -2.45. The Labute approximate surface area is 115 Å². The number of pyridine rings is 1. The molecule has 8 heteroatoms. The standard InChI is InChI=1S/C12H16N6O2/c1-20-6-5-18-8-9(7-15-18)16-12(19)10-3-2-4-14-11(10)17-13/h2-4,7-8H,5-6,13H2,1H3,(H,14,17)(H,16,19).